The number of carbonyl (C=O) groups is 1. The molecule has 2 aromatic carbocycles. The van der Waals surface area contributed by atoms with Gasteiger partial charge in [0, 0.05) is 18.7 Å². The molecule has 1 aliphatic heterocycles. The lowest BCUT2D eigenvalue weighted by Crippen LogP contribution is -2.30. The molecule has 0 saturated carbocycles. The van der Waals surface area contributed by atoms with Gasteiger partial charge in [-0.2, -0.15) is 0 Å². The Balaban J connectivity index is 1.63. The van der Waals surface area contributed by atoms with Crippen molar-refractivity contribution in [1.29, 1.82) is 0 Å². The predicted molar refractivity (Wildman–Crippen MR) is 99.7 cm³/mol. The Morgan fingerprint density at radius 3 is 2.54 bits per heavy atom. The average Bonchev–Trinajstić information content (AvgIpc) is 2.68. The lowest BCUT2D eigenvalue weighted by Gasteiger charge is -2.27. The molecule has 1 aliphatic rings. The molecule has 0 aliphatic carbocycles. The van der Waals surface area contributed by atoms with Gasteiger partial charge in [0.25, 0.3) is 5.91 Å². The molecule has 1 saturated heterocycles. The Morgan fingerprint density at radius 1 is 1.12 bits per heavy atom. The van der Waals surface area contributed by atoms with Gasteiger partial charge >= 0.3 is 0 Å². The Morgan fingerprint density at radius 2 is 1.85 bits per heavy atom. The van der Waals surface area contributed by atoms with Crippen LogP contribution in [-0.2, 0) is 13.1 Å². The maximum absolute atomic E-state index is 13.8. The molecular weight excluding hydrogens is 331 g/mol. The number of nitrogens with zero attached hydrogens (tertiary/aromatic N) is 1. The largest absolute Gasteiger partial charge is 0.494 e. The fourth-order valence-electron chi connectivity index (χ4n) is 3.33. The number of nitrogens with one attached hydrogen (secondary N) is 1. The summed E-state index contributed by atoms with van der Waals surface area (Å²) >= 11 is 0. The molecule has 4 nitrogen and oxygen atoms in total. The molecule has 138 valence electrons. The SMILES string of the molecule is COc1ccc(C(=O)NCc2ccccc2CN2CCCCC2)cc1F. The first-order valence-corrected chi connectivity index (χ1v) is 9.08. The van der Waals surface area contributed by atoms with Crippen LogP contribution in [0.1, 0.15) is 40.7 Å². The summed E-state index contributed by atoms with van der Waals surface area (Å²) in [7, 11) is 1.40. The van der Waals surface area contributed by atoms with Crippen LogP contribution in [0.25, 0.3) is 0 Å². The number of hydrogen-bond donors (Lipinski definition) is 1. The summed E-state index contributed by atoms with van der Waals surface area (Å²) < 4.78 is 18.7. The molecular formula is C21H25FN2O2. The maximum atomic E-state index is 13.8. The molecule has 3 rings (SSSR count). The Labute approximate surface area is 154 Å². The van der Waals surface area contributed by atoms with Gasteiger partial charge in [0.2, 0.25) is 0 Å². The summed E-state index contributed by atoms with van der Waals surface area (Å²) in [6.07, 6.45) is 3.82. The number of rotatable bonds is 6. The van der Waals surface area contributed by atoms with Gasteiger partial charge < -0.3 is 10.1 Å². The smallest absolute Gasteiger partial charge is 0.251 e. The number of amides is 1. The van der Waals surface area contributed by atoms with Crippen molar-refractivity contribution in [1.82, 2.24) is 10.2 Å². The van der Waals surface area contributed by atoms with E-state index in [9.17, 15) is 9.18 Å². The lowest BCUT2D eigenvalue weighted by atomic mass is 10.0. The van der Waals surface area contributed by atoms with Crippen LogP contribution < -0.4 is 10.1 Å². The van der Waals surface area contributed by atoms with E-state index in [0.717, 1.165) is 25.2 Å². The van der Waals surface area contributed by atoms with E-state index in [2.05, 4.69) is 16.3 Å². The van der Waals surface area contributed by atoms with Gasteiger partial charge in [0.15, 0.2) is 11.6 Å². The van der Waals surface area contributed by atoms with Gasteiger partial charge in [-0.15, -0.1) is 0 Å². The zero-order valence-corrected chi connectivity index (χ0v) is 15.1. The van der Waals surface area contributed by atoms with Gasteiger partial charge in [0.1, 0.15) is 0 Å². The maximum Gasteiger partial charge on any atom is 0.251 e. The van der Waals surface area contributed by atoms with E-state index in [1.807, 2.05) is 18.2 Å². The molecule has 0 bridgehead atoms. The van der Waals surface area contributed by atoms with Crippen molar-refractivity contribution >= 4 is 5.91 Å². The van der Waals surface area contributed by atoms with Crippen molar-refractivity contribution in [2.24, 2.45) is 0 Å². The van der Waals surface area contributed by atoms with Crippen LogP contribution in [-0.4, -0.2) is 31.0 Å². The fraction of sp³-hybridized carbons (Fsp3) is 0.381. The van der Waals surface area contributed by atoms with E-state index >= 15 is 0 Å². The first-order chi connectivity index (χ1) is 12.7. The highest BCUT2D eigenvalue weighted by molar-refractivity contribution is 5.94. The van der Waals surface area contributed by atoms with Crippen molar-refractivity contribution in [3.63, 3.8) is 0 Å². The molecule has 26 heavy (non-hydrogen) atoms. The third-order valence-electron chi connectivity index (χ3n) is 4.81. The second-order valence-corrected chi connectivity index (χ2v) is 6.64. The number of likely N-dealkylation sites (tertiary alicyclic amines) is 1. The van der Waals surface area contributed by atoms with E-state index in [4.69, 9.17) is 4.74 Å². The Kier molecular flexibility index (Phi) is 6.23. The molecule has 1 fully saturated rings. The number of benzene rings is 2. The number of methoxy groups -OCH3 is 1. The molecule has 0 aromatic heterocycles. The van der Waals surface area contributed by atoms with E-state index in [0.29, 0.717) is 6.54 Å². The average molecular weight is 356 g/mol. The van der Waals surface area contributed by atoms with Crippen LogP contribution in [0.4, 0.5) is 4.39 Å². The van der Waals surface area contributed by atoms with E-state index < -0.39 is 5.82 Å². The van der Waals surface area contributed by atoms with Crippen molar-refractivity contribution in [2.75, 3.05) is 20.2 Å². The zero-order valence-electron chi connectivity index (χ0n) is 15.1. The van der Waals surface area contributed by atoms with Crippen LogP contribution in [0, 0.1) is 5.82 Å². The van der Waals surface area contributed by atoms with E-state index in [1.54, 1.807) is 6.07 Å². The van der Waals surface area contributed by atoms with Crippen LogP contribution in [0.3, 0.4) is 0 Å². The second-order valence-electron chi connectivity index (χ2n) is 6.64. The summed E-state index contributed by atoms with van der Waals surface area (Å²) in [4.78, 5) is 14.8. The van der Waals surface area contributed by atoms with Crippen molar-refractivity contribution in [2.45, 2.75) is 32.4 Å². The van der Waals surface area contributed by atoms with Crippen LogP contribution in [0.5, 0.6) is 5.75 Å². The number of piperidine rings is 1. The first kappa shape index (κ1) is 18.4. The minimum absolute atomic E-state index is 0.133. The zero-order chi connectivity index (χ0) is 18.4. The van der Waals surface area contributed by atoms with E-state index in [-0.39, 0.29) is 17.2 Å². The van der Waals surface area contributed by atoms with Gasteiger partial charge in [-0.1, -0.05) is 30.7 Å². The van der Waals surface area contributed by atoms with Crippen molar-refractivity contribution < 1.29 is 13.9 Å². The summed E-state index contributed by atoms with van der Waals surface area (Å²) in [6.45, 7) is 3.59. The predicted octanol–water partition coefficient (Wildman–Crippen LogP) is 3.75. The Bertz CT molecular complexity index is 757. The molecule has 1 N–H and O–H groups in total. The third-order valence-corrected chi connectivity index (χ3v) is 4.81. The van der Waals surface area contributed by atoms with Crippen LogP contribution >= 0.6 is 0 Å². The normalized spacial score (nSPS) is 14.8. The molecule has 1 heterocycles. The standard InChI is InChI=1S/C21H25FN2O2/c1-26-20-10-9-16(13-19(20)22)21(25)23-14-17-7-3-4-8-18(17)15-24-11-5-2-6-12-24/h3-4,7-10,13H,2,5-6,11-12,14-15H2,1H3,(H,23,25). The highest BCUT2D eigenvalue weighted by Gasteiger charge is 2.14. The number of halogens is 1. The van der Waals surface area contributed by atoms with Gasteiger partial charge in [-0.3, -0.25) is 9.69 Å². The highest BCUT2D eigenvalue weighted by Crippen LogP contribution is 2.19. The van der Waals surface area contributed by atoms with Crippen LogP contribution in [0.15, 0.2) is 42.5 Å². The summed E-state index contributed by atoms with van der Waals surface area (Å²) in [5.41, 5.74) is 2.62. The van der Waals surface area contributed by atoms with Gasteiger partial charge in [0.05, 0.1) is 7.11 Å². The molecule has 0 unspecified atom stereocenters. The first-order valence-electron chi connectivity index (χ1n) is 9.08. The molecule has 0 atom stereocenters. The number of ether oxygens (including phenoxy) is 1. The number of carbonyl (C=O) groups excluding carboxylic acids is 1. The Hall–Kier alpha value is -2.40. The van der Waals surface area contributed by atoms with Gasteiger partial charge in [-0.25, -0.2) is 4.39 Å². The summed E-state index contributed by atoms with van der Waals surface area (Å²) in [5, 5.41) is 2.89. The molecule has 0 radical (unpaired) electrons. The summed E-state index contributed by atoms with van der Waals surface area (Å²) in [6, 6.07) is 12.4. The van der Waals surface area contributed by atoms with E-state index in [1.165, 1.54) is 44.1 Å². The molecule has 0 spiro atoms. The summed E-state index contributed by atoms with van der Waals surface area (Å²) in [5.74, 6) is -0.696. The van der Waals surface area contributed by atoms with Crippen molar-refractivity contribution in [3.8, 4) is 5.75 Å². The van der Waals surface area contributed by atoms with Gasteiger partial charge in [-0.05, 0) is 55.3 Å². The number of hydrogen-bond acceptors (Lipinski definition) is 3. The topological polar surface area (TPSA) is 41.6 Å². The minimum Gasteiger partial charge on any atom is -0.494 e. The fourth-order valence-corrected chi connectivity index (χ4v) is 3.33. The molecule has 2 aromatic rings. The third kappa shape index (κ3) is 4.61. The monoisotopic (exact) mass is 356 g/mol. The lowest BCUT2D eigenvalue weighted by molar-refractivity contribution is 0.0950. The quantitative estimate of drug-likeness (QED) is 0.857. The molecule has 5 heteroatoms. The van der Waals surface area contributed by atoms with Crippen LogP contribution in [0.2, 0.25) is 0 Å². The minimum atomic E-state index is -0.536. The molecule has 1 amide bonds. The van der Waals surface area contributed by atoms with Crippen molar-refractivity contribution in [3.05, 3.63) is 65.0 Å². The highest BCUT2D eigenvalue weighted by atomic mass is 19.1. The second kappa shape index (κ2) is 8.81.